The summed E-state index contributed by atoms with van der Waals surface area (Å²) in [5.41, 5.74) is 1.49. The SMILES string of the molecule is Cn1nc(C(=O)N2CCN(c3cc(OC4CCC4)ncn3)CC2)c2ccccc21. The van der Waals surface area contributed by atoms with Crippen LogP contribution in [0.2, 0.25) is 0 Å². The van der Waals surface area contributed by atoms with E-state index >= 15 is 0 Å². The number of fused-ring (bicyclic) bond motifs is 1. The van der Waals surface area contributed by atoms with E-state index in [-0.39, 0.29) is 5.91 Å². The lowest BCUT2D eigenvalue weighted by molar-refractivity contribution is 0.0741. The van der Waals surface area contributed by atoms with Gasteiger partial charge in [-0.15, -0.1) is 0 Å². The number of aryl methyl sites for hydroxylation is 1. The summed E-state index contributed by atoms with van der Waals surface area (Å²) in [6, 6.07) is 9.74. The van der Waals surface area contributed by atoms with Crippen molar-refractivity contribution >= 4 is 22.6 Å². The zero-order chi connectivity index (χ0) is 19.8. The Kier molecular flexibility index (Phi) is 4.54. The highest BCUT2D eigenvalue weighted by Crippen LogP contribution is 2.26. The lowest BCUT2D eigenvalue weighted by atomic mass is 9.96. The predicted molar refractivity (Wildman–Crippen MR) is 109 cm³/mol. The van der Waals surface area contributed by atoms with Crippen molar-refractivity contribution in [2.75, 3.05) is 31.1 Å². The molecule has 8 nitrogen and oxygen atoms in total. The smallest absolute Gasteiger partial charge is 0.275 e. The summed E-state index contributed by atoms with van der Waals surface area (Å²) in [6.45, 7) is 2.70. The molecule has 1 saturated carbocycles. The summed E-state index contributed by atoms with van der Waals surface area (Å²) in [5.74, 6) is 1.47. The van der Waals surface area contributed by atoms with Crippen molar-refractivity contribution in [3.63, 3.8) is 0 Å². The second-order valence-electron chi connectivity index (χ2n) is 7.65. The number of para-hydroxylation sites is 1. The van der Waals surface area contributed by atoms with Crippen molar-refractivity contribution in [1.29, 1.82) is 0 Å². The van der Waals surface area contributed by atoms with Crippen LogP contribution >= 0.6 is 0 Å². The van der Waals surface area contributed by atoms with E-state index in [1.54, 1.807) is 11.0 Å². The fourth-order valence-electron chi connectivity index (χ4n) is 3.89. The molecule has 150 valence electrons. The maximum Gasteiger partial charge on any atom is 0.275 e. The molecule has 0 radical (unpaired) electrons. The fraction of sp³-hybridized carbons (Fsp3) is 0.429. The summed E-state index contributed by atoms with van der Waals surface area (Å²) in [6.07, 6.45) is 5.27. The Bertz CT molecular complexity index is 1040. The normalized spacial score (nSPS) is 17.4. The van der Waals surface area contributed by atoms with Gasteiger partial charge in [-0.2, -0.15) is 5.10 Å². The molecule has 1 aliphatic heterocycles. The van der Waals surface area contributed by atoms with E-state index in [0.717, 1.165) is 42.7 Å². The number of carbonyl (C=O) groups excluding carboxylic acids is 1. The topological polar surface area (TPSA) is 76.4 Å². The van der Waals surface area contributed by atoms with Gasteiger partial charge in [0.15, 0.2) is 5.69 Å². The largest absolute Gasteiger partial charge is 0.474 e. The first kappa shape index (κ1) is 17.9. The van der Waals surface area contributed by atoms with Crippen molar-refractivity contribution in [2.24, 2.45) is 7.05 Å². The Labute approximate surface area is 169 Å². The number of piperazine rings is 1. The van der Waals surface area contributed by atoms with Gasteiger partial charge in [0.25, 0.3) is 5.91 Å². The molecular weight excluding hydrogens is 368 g/mol. The van der Waals surface area contributed by atoms with Gasteiger partial charge in [-0.05, 0) is 25.3 Å². The average Bonchev–Trinajstić information content (AvgIpc) is 3.07. The molecule has 0 spiro atoms. The minimum atomic E-state index is -0.0156. The van der Waals surface area contributed by atoms with Crippen LogP contribution in [-0.2, 0) is 7.05 Å². The third-order valence-corrected chi connectivity index (χ3v) is 5.82. The highest BCUT2D eigenvalue weighted by atomic mass is 16.5. The molecular formula is C21H24N6O2. The van der Waals surface area contributed by atoms with Crippen LogP contribution < -0.4 is 9.64 Å². The van der Waals surface area contributed by atoms with Crippen LogP contribution in [0.15, 0.2) is 36.7 Å². The molecule has 29 heavy (non-hydrogen) atoms. The van der Waals surface area contributed by atoms with Gasteiger partial charge < -0.3 is 14.5 Å². The molecule has 0 bridgehead atoms. The Hall–Kier alpha value is -3.16. The molecule has 1 saturated heterocycles. The minimum Gasteiger partial charge on any atom is -0.474 e. The molecule has 8 heteroatoms. The van der Waals surface area contributed by atoms with E-state index in [4.69, 9.17) is 4.74 Å². The third-order valence-electron chi connectivity index (χ3n) is 5.82. The van der Waals surface area contributed by atoms with Crippen LogP contribution in [0.3, 0.4) is 0 Å². The molecule has 1 aliphatic carbocycles. The summed E-state index contributed by atoms with van der Waals surface area (Å²) in [5, 5.41) is 5.37. The highest BCUT2D eigenvalue weighted by molar-refractivity contribution is 6.04. The molecule has 2 aromatic heterocycles. The molecule has 0 atom stereocenters. The number of nitrogens with zero attached hydrogens (tertiary/aromatic N) is 6. The van der Waals surface area contributed by atoms with Crippen molar-refractivity contribution in [2.45, 2.75) is 25.4 Å². The van der Waals surface area contributed by atoms with Crippen LogP contribution in [0.25, 0.3) is 10.9 Å². The lowest BCUT2D eigenvalue weighted by Crippen LogP contribution is -2.49. The lowest BCUT2D eigenvalue weighted by Gasteiger charge is -2.35. The number of aromatic nitrogens is 4. The molecule has 1 aromatic carbocycles. The van der Waals surface area contributed by atoms with Gasteiger partial charge in [-0.25, -0.2) is 9.97 Å². The number of benzene rings is 1. The maximum atomic E-state index is 13.1. The van der Waals surface area contributed by atoms with E-state index in [0.29, 0.717) is 30.8 Å². The number of anilines is 1. The Morgan fingerprint density at radius 1 is 1.10 bits per heavy atom. The van der Waals surface area contributed by atoms with E-state index in [9.17, 15) is 4.79 Å². The first-order valence-electron chi connectivity index (χ1n) is 10.1. The second-order valence-corrected chi connectivity index (χ2v) is 7.65. The van der Waals surface area contributed by atoms with E-state index in [1.165, 1.54) is 6.42 Å². The first-order valence-corrected chi connectivity index (χ1v) is 10.1. The Morgan fingerprint density at radius 2 is 1.90 bits per heavy atom. The molecule has 0 unspecified atom stereocenters. The van der Waals surface area contributed by atoms with Crippen molar-refractivity contribution in [1.82, 2.24) is 24.6 Å². The molecule has 2 aliphatic rings. The zero-order valence-electron chi connectivity index (χ0n) is 16.5. The summed E-state index contributed by atoms with van der Waals surface area (Å²) < 4.78 is 7.66. The number of hydrogen-bond donors (Lipinski definition) is 0. The third kappa shape index (κ3) is 3.39. The summed E-state index contributed by atoms with van der Waals surface area (Å²) in [7, 11) is 1.87. The highest BCUT2D eigenvalue weighted by Gasteiger charge is 2.27. The Morgan fingerprint density at radius 3 is 2.66 bits per heavy atom. The van der Waals surface area contributed by atoms with Gasteiger partial charge in [0.05, 0.1) is 5.52 Å². The van der Waals surface area contributed by atoms with Crippen LogP contribution in [0.1, 0.15) is 29.8 Å². The molecule has 5 rings (SSSR count). The van der Waals surface area contributed by atoms with Gasteiger partial charge >= 0.3 is 0 Å². The van der Waals surface area contributed by atoms with Crippen LogP contribution in [0.4, 0.5) is 5.82 Å². The summed E-state index contributed by atoms with van der Waals surface area (Å²) >= 11 is 0. The summed E-state index contributed by atoms with van der Waals surface area (Å²) in [4.78, 5) is 25.8. The fourth-order valence-corrected chi connectivity index (χ4v) is 3.89. The van der Waals surface area contributed by atoms with Gasteiger partial charge in [0, 0.05) is 44.7 Å². The van der Waals surface area contributed by atoms with Crippen molar-refractivity contribution < 1.29 is 9.53 Å². The van der Waals surface area contributed by atoms with Crippen LogP contribution in [0, 0.1) is 0 Å². The van der Waals surface area contributed by atoms with Crippen LogP contribution in [-0.4, -0.2) is 62.8 Å². The predicted octanol–water partition coefficient (Wildman–Crippen LogP) is 2.26. The van der Waals surface area contributed by atoms with Gasteiger partial charge in [0.1, 0.15) is 18.2 Å². The van der Waals surface area contributed by atoms with E-state index in [2.05, 4.69) is 20.0 Å². The number of carbonyl (C=O) groups is 1. The molecule has 3 heterocycles. The van der Waals surface area contributed by atoms with Gasteiger partial charge in [0.2, 0.25) is 5.88 Å². The van der Waals surface area contributed by atoms with Crippen molar-refractivity contribution in [3.05, 3.63) is 42.4 Å². The van der Waals surface area contributed by atoms with E-state index < -0.39 is 0 Å². The second kappa shape index (κ2) is 7.35. The molecule has 3 aromatic rings. The Balaban J connectivity index is 1.26. The average molecular weight is 392 g/mol. The van der Waals surface area contributed by atoms with E-state index in [1.807, 2.05) is 42.3 Å². The monoisotopic (exact) mass is 392 g/mol. The quantitative estimate of drug-likeness (QED) is 0.678. The van der Waals surface area contributed by atoms with Crippen molar-refractivity contribution in [3.8, 4) is 5.88 Å². The minimum absolute atomic E-state index is 0.0156. The molecule has 0 N–H and O–H groups in total. The zero-order valence-corrected chi connectivity index (χ0v) is 16.5. The van der Waals surface area contributed by atoms with Gasteiger partial charge in [-0.3, -0.25) is 9.48 Å². The maximum absolute atomic E-state index is 13.1. The molecule has 2 fully saturated rings. The van der Waals surface area contributed by atoms with Crippen LogP contribution in [0.5, 0.6) is 5.88 Å². The first-order chi connectivity index (χ1) is 14.2. The number of rotatable bonds is 4. The number of ether oxygens (including phenoxy) is 1. The van der Waals surface area contributed by atoms with Gasteiger partial charge in [-0.1, -0.05) is 18.2 Å². The number of amides is 1. The number of hydrogen-bond acceptors (Lipinski definition) is 6. The standard InChI is InChI=1S/C21H24N6O2/c1-25-17-8-3-2-7-16(17)20(24-25)21(28)27-11-9-26(10-12-27)18-13-19(23-14-22-18)29-15-5-4-6-15/h2-3,7-8,13-15H,4-6,9-12H2,1H3. The molecule has 1 amide bonds.